The Morgan fingerprint density at radius 2 is 1.92 bits per heavy atom. The van der Waals surface area contributed by atoms with Gasteiger partial charge in [-0.1, -0.05) is 17.7 Å². The fraction of sp³-hybridized carbons (Fsp3) is 0.400. The fourth-order valence-corrected chi connectivity index (χ4v) is 5.22. The van der Waals surface area contributed by atoms with E-state index in [9.17, 15) is 18.7 Å². The molecule has 2 aromatic heterocycles. The van der Waals surface area contributed by atoms with Crippen molar-refractivity contribution in [2.45, 2.75) is 25.3 Å². The molecule has 2 saturated heterocycles. The van der Waals surface area contributed by atoms with Gasteiger partial charge in [0.25, 0.3) is 6.43 Å². The predicted molar refractivity (Wildman–Crippen MR) is 134 cm³/mol. The normalized spacial score (nSPS) is 18.6. The molecule has 1 aromatic carbocycles. The molecule has 2 aliphatic rings. The van der Waals surface area contributed by atoms with Gasteiger partial charge in [0.15, 0.2) is 0 Å². The maximum Gasteiger partial charge on any atom is 0.339 e. The number of aromatic carboxylic acids is 1. The Hall–Kier alpha value is -3.24. The third-order valence-electron chi connectivity index (χ3n) is 6.81. The molecule has 1 unspecified atom stereocenters. The fourth-order valence-electron chi connectivity index (χ4n) is 5.06. The van der Waals surface area contributed by atoms with Crippen molar-refractivity contribution in [3.05, 3.63) is 59.0 Å². The molecular weight excluding hydrogens is 490 g/mol. The highest BCUT2D eigenvalue weighted by molar-refractivity contribution is 6.31. The molecular formula is C25H27ClF2N6O2. The van der Waals surface area contributed by atoms with Crippen molar-refractivity contribution in [3.63, 3.8) is 0 Å². The molecule has 3 aromatic rings. The lowest BCUT2D eigenvalue weighted by molar-refractivity contribution is 0.0681. The average Bonchev–Trinajstić information content (AvgIpc) is 3.36. The maximum atomic E-state index is 13.8. The van der Waals surface area contributed by atoms with E-state index in [-0.39, 0.29) is 0 Å². The lowest BCUT2D eigenvalue weighted by Gasteiger charge is -2.36. The standard InChI is InChI=1S/C25H27ClF2N6O2/c26-17-4-5-19(16-3-6-22(30-13-16)32-10-7-29-8-11-32)21(12-17)33-9-1-2-18(15-33)34-23(24(27)28)20(14-31-34)25(35)36/h3-6,12-14,18,24,29H,1-2,7-11,15H2,(H,35,36). The number of nitrogens with one attached hydrogen (secondary N) is 1. The van der Waals surface area contributed by atoms with Crippen molar-refractivity contribution in [3.8, 4) is 11.1 Å². The second-order valence-corrected chi connectivity index (χ2v) is 9.48. The summed E-state index contributed by atoms with van der Waals surface area (Å²) in [4.78, 5) is 20.5. The van der Waals surface area contributed by atoms with E-state index < -0.39 is 29.7 Å². The number of hydrogen-bond acceptors (Lipinski definition) is 6. The number of carbonyl (C=O) groups is 1. The van der Waals surface area contributed by atoms with Crippen molar-refractivity contribution in [1.82, 2.24) is 20.1 Å². The molecule has 0 aliphatic carbocycles. The minimum atomic E-state index is -2.93. The van der Waals surface area contributed by atoms with Gasteiger partial charge in [0.1, 0.15) is 17.1 Å². The topological polar surface area (TPSA) is 86.5 Å². The summed E-state index contributed by atoms with van der Waals surface area (Å²) in [7, 11) is 0. The molecule has 4 heterocycles. The minimum Gasteiger partial charge on any atom is -0.478 e. The number of benzene rings is 1. The second-order valence-electron chi connectivity index (χ2n) is 9.04. The zero-order valence-corrected chi connectivity index (χ0v) is 20.3. The number of rotatable bonds is 6. The predicted octanol–water partition coefficient (Wildman–Crippen LogP) is 4.49. The first-order valence-corrected chi connectivity index (χ1v) is 12.4. The van der Waals surface area contributed by atoms with E-state index in [4.69, 9.17) is 16.6 Å². The number of halogens is 3. The van der Waals surface area contributed by atoms with Crippen LogP contribution in [0.5, 0.6) is 0 Å². The Labute approximate surface area is 212 Å². The molecule has 0 bridgehead atoms. The molecule has 36 heavy (non-hydrogen) atoms. The third-order valence-corrected chi connectivity index (χ3v) is 7.05. The highest BCUT2D eigenvalue weighted by Gasteiger charge is 2.31. The number of alkyl halides is 2. The molecule has 11 heteroatoms. The van der Waals surface area contributed by atoms with E-state index in [1.54, 1.807) is 0 Å². The highest BCUT2D eigenvalue weighted by Crippen LogP contribution is 2.37. The summed E-state index contributed by atoms with van der Waals surface area (Å²) < 4.78 is 28.8. The zero-order chi connectivity index (χ0) is 25.2. The number of piperazine rings is 1. The Balaban J connectivity index is 1.43. The molecule has 5 rings (SSSR count). The number of hydrogen-bond donors (Lipinski definition) is 2. The van der Waals surface area contributed by atoms with Crippen molar-refractivity contribution in [2.24, 2.45) is 0 Å². The largest absolute Gasteiger partial charge is 0.478 e. The molecule has 2 N–H and O–H groups in total. The number of piperidine rings is 1. The van der Waals surface area contributed by atoms with Gasteiger partial charge in [0, 0.05) is 67.3 Å². The second kappa shape index (κ2) is 10.4. The molecule has 0 radical (unpaired) electrons. The van der Waals surface area contributed by atoms with Gasteiger partial charge in [-0.2, -0.15) is 5.10 Å². The van der Waals surface area contributed by atoms with Gasteiger partial charge in [-0.25, -0.2) is 18.6 Å². The van der Waals surface area contributed by atoms with Gasteiger partial charge in [-0.3, -0.25) is 4.68 Å². The van der Waals surface area contributed by atoms with Crippen LogP contribution in [0.2, 0.25) is 5.02 Å². The van der Waals surface area contributed by atoms with Crippen LogP contribution < -0.4 is 15.1 Å². The summed E-state index contributed by atoms with van der Waals surface area (Å²) >= 11 is 6.37. The summed E-state index contributed by atoms with van der Waals surface area (Å²) in [6.45, 7) is 4.79. The van der Waals surface area contributed by atoms with Crippen LogP contribution in [0.15, 0.2) is 42.7 Å². The molecule has 0 saturated carbocycles. The monoisotopic (exact) mass is 516 g/mol. The van der Waals surface area contributed by atoms with Crippen LogP contribution in [-0.4, -0.2) is 65.1 Å². The van der Waals surface area contributed by atoms with Crippen molar-refractivity contribution < 1.29 is 18.7 Å². The first-order chi connectivity index (χ1) is 17.4. The summed E-state index contributed by atoms with van der Waals surface area (Å²) in [6, 6.07) is 9.32. The van der Waals surface area contributed by atoms with Crippen molar-refractivity contribution >= 4 is 29.1 Å². The van der Waals surface area contributed by atoms with E-state index in [0.29, 0.717) is 24.5 Å². The van der Waals surface area contributed by atoms with E-state index >= 15 is 0 Å². The average molecular weight is 517 g/mol. The number of carboxylic acid groups (broad SMARTS) is 1. The van der Waals surface area contributed by atoms with Gasteiger partial charge in [0.2, 0.25) is 0 Å². The number of aromatic nitrogens is 3. The third kappa shape index (κ3) is 4.87. The number of nitrogens with zero attached hydrogens (tertiary/aromatic N) is 5. The Kier molecular flexibility index (Phi) is 7.06. The lowest BCUT2D eigenvalue weighted by Crippen LogP contribution is -2.43. The van der Waals surface area contributed by atoms with Crippen LogP contribution in [-0.2, 0) is 0 Å². The van der Waals surface area contributed by atoms with Gasteiger partial charge in [-0.15, -0.1) is 0 Å². The minimum absolute atomic E-state index is 0.393. The summed E-state index contributed by atoms with van der Waals surface area (Å²) in [5, 5.41) is 17.3. The first-order valence-electron chi connectivity index (χ1n) is 12.0. The van der Waals surface area contributed by atoms with Crippen LogP contribution in [0, 0.1) is 0 Å². The zero-order valence-electron chi connectivity index (χ0n) is 19.6. The lowest BCUT2D eigenvalue weighted by atomic mass is 10.00. The Morgan fingerprint density at radius 3 is 2.61 bits per heavy atom. The van der Waals surface area contributed by atoms with Crippen LogP contribution in [0.1, 0.15) is 41.4 Å². The molecule has 0 spiro atoms. The summed E-state index contributed by atoms with van der Waals surface area (Å²) in [5.41, 5.74) is 1.76. The summed E-state index contributed by atoms with van der Waals surface area (Å²) in [6.07, 6.45) is 1.29. The number of pyridine rings is 1. The van der Waals surface area contributed by atoms with Gasteiger partial charge >= 0.3 is 5.97 Å². The molecule has 2 fully saturated rings. The van der Waals surface area contributed by atoms with E-state index in [0.717, 1.165) is 61.4 Å². The first kappa shape index (κ1) is 24.5. The van der Waals surface area contributed by atoms with Gasteiger partial charge in [-0.05, 0) is 37.1 Å². The smallest absolute Gasteiger partial charge is 0.339 e. The molecule has 8 nitrogen and oxygen atoms in total. The molecule has 190 valence electrons. The van der Waals surface area contributed by atoms with Crippen LogP contribution in [0.3, 0.4) is 0 Å². The van der Waals surface area contributed by atoms with Gasteiger partial charge in [0.05, 0.1) is 12.2 Å². The van der Waals surface area contributed by atoms with E-state index in [2.05, 4.69) is 20.2 Å². The summed E-state index contributed by atoms with van der Waals surface area (Å²) in [5.74, 6) is -0.473. The molecule has 1 atom stereocenters. The quantitative estimate of drug-likeness (QED) is 0.499. The van der Waals surface area contributed by atoms with Crippen LogP contribution >= 0.6 is 11.6 Å². The number of anilines is 2. The Morgan fingerprint density at radius 1 is 1.11 bits per heavy atom. The SMILES string of the molecule is O=C(O)c1cnn(C2CCCN(c3cc(Cl)ccc3-c3ccc(N4CCNCC4)nc3)C2)c1C(F)F. The van der Waals surface area contributed by atoms with E-state index in [1.807, 2.05) is 36.5 Å². The van der Waals surface area contributed by atoms with Gasteiger partial charge < -0.3 is 20.2 Å². The van der Waals surface area contributed by atoms with E-state index in [1.165, 1.54) is 4.68 Å². The van der Waals surface area contributed by atoms with Crippen LogP contribution in [0.4, 0.5) is 20.3 Å². The molecule has 2 aliphatic heterocycles. The number of carboxylic acids is 1. The van der Waals surface area contributed by atoms with Crippen LogP contribution in [0.25, 0.3) is 11.1 Å². The maximum absolute atomic E-state index is 13.8. The van der Waals surface area contributed by atoms with Crippen molar-refractivity contribution in [2.75, 3.05) is 49.1 Å². The Bertz CT molecular complexity index is 1230. The van der Waals surface area contributed by atoms with Crippen molar-refractivity contribution in [1.29, 1.82) is 0 Å². The highest BCUT2D eigenvalue weighted by atomic mass is 35.5. The molecule has 0 amide bonds.